The van der Waals surface area contributed by atoms with E-state index in [0.29, 0.717) is 10.8 Å². The Kier molecular flexibility index (Phi) is 5.11. The lowest BCUT2D eigenvalue weighted by atomic mass is 10.1. The number of nitrogens with two attached hydrogens (primary N) is 1. The summed E-state index contributed by atoms with van der Waals surface area (Å²) in [7, 11) is 0. The predicted octanol–water partition coefficient (Wildman–Crippen LogP) is 3.55. The molecule has 0 aliphatic heterocycles. The van der Waals surface area contributed by atoms with Crippen molar-refractivity contribution < 1.29 is 18.4 Å². The van der Waals surface area contributed by atoms with Crippen LogP contribution in [0.25, 0.3) is 0 Å². The smallest absolute Gasteiger partial charge is 0.409 e. The Morgan fingerprint density at radius 1 is 1.42 bits per heavy atom. The number of thioether (sulfide) groups is 1. The van der Waals surface area contributed by atoms with Crippen LogP contribution in [0.4, 0.5) is 13.2 Å². The van der Waals surface area contributed by atoms with Crippen LogP contribution in [0.5, 0.6) is 0 Å². The maximum atomic E-state index is 12.8. The van der Waals surface area contributed by atoms with Gasteiger partial charge in [0.1, 0.15) is 0 Å². The first-order chi connectivity index (χ1) is 8.75. The Morgan fingerprint density at radius 3 is 2.53 bits per heavy atom. The van der Waals surface area contributed by atoms with E-state index in [0.717, 1.165) is 11.8 Å². The zero-order valence-corrected chi connectivity index (χ0v) is 11.3. The van der Waals surface area contributed by atoms with Gasteiger partial charge in [0.25, 0.3) is 0 Å². The number of halogens is 3. The van der Waals surface area contributed by atoms with Crippen LogP contribution in [0.2, 0.25) is 0 Å². The summed E-state index contributed by atoms with van der Waals surface area (Å²) in [5, 5.41) is 11.2. The van der Waals surface area contributed by atoms with Gasteiger partial charge in [-0.1, -0.05) is 19.0 Å². The van der Waals surface area contributed by atoms with Gasteiger partial charge in [0.05, 0.1) is 5.56 Å². The number of rotatable bonds is 4. The highest BCUT2D eigenvalue weighted by Gasteiger charge is 2.34. The number of oxime groups is 1. The molecule has 3 N–H and O–H groups in total. The average molecular weight is 292 g/mol. The van der Waals surface area contributed by atoms with E-state index in [1.54, 1.807) is 0 Å². The topological polar surface area (TPSA) is 58.6 Å². The molecule has 0 saturated carbocycles. The molecule has 106 valence electrons. The lowest BCUT2D eigenvalue weighted by Gasteiger charge is -2.13. The SMILES string of the molecule is CC(C)CSc1ccc(C(F)(F)F)c(/C(N)=N/O)c1. The normalized spacial score (nSPS) is 13.1. The molecule has 0 bridgehead atoms. The summed E-state index contributed by atoms with van der Waals surface area (Å²) in [5.41, 5.74) is 4.10. The molecule has 0 aliphatic rings. The first-order valence-corrected chi connectivity index (χ1v) is 6.56. The van der Waals surface area contributed by atoms with Gasteiger partial charge in [0.15, 0.2) is 5.84 Å². The zero-order valence-electron chi connectivity index (χ0n) is 10.5. The second kappa shape index (κ2) is 6.18. The van der Waals surface area contributed by atoms with Crippen LogP contribution in [0.3, 0.4) is 0 Å². The lowest BCUT2D eigenvalue weighted by Crippen LogP contribution is -2.20. The first-order valence-electron chi connectivity index (χ1n) is 5.57. The molecular formula is C12H15F3N2OS. The molecule has 0 amide bonds. The van der Waals surface area contributed by atoms with Gasteiger partial charge in [0, 0.05) is 16.2 Å². The van der Waals surface area contributed by atoms with Crippen molar-refractivity contribution in [3.8, 4) is 0 Å². The van der Waals surface area contributed by atoms with Gasteiger partial charge in [-0.15, -0.1) is 11.8 Å². The van der Waals surface area contributed by atoms with Crippen molar-refractivity contribution in [2.75, 3.05) is 5.75 Å². The zero-order chi connectivity index (χ0) is 14.6. The highest BCUT2D eigenvalue weighted by atomic mass is 32.2. The minimum Gasteiger partial charge on any atom is -0.409 e. The number of amidine groups is 1. The van der Waals surface area contributed by atoms with Crippen molar-refractivity contribution in [2.24, 2.45) is 16.8 Å². The van der Waals surface area contributed by atoms with Crippen molar-refractivity contribution in [2.45, 2.75) is 24.9 Å². The highest BCUT2D eigenvalue weighted by Crippen LogP contribution is 2.34. The largest absolute Gasteiger partial charge is 0.417 e. The summed E-state index contributed by atoms with van der Waals surface area (Å²) >= 11 is 1.43. The number of alkyl halides is 3. The Balaban J connectivity index is 3.16. The van der Waals surface area contributed by atoms with Crippen LogP contribution in [0.15, 0.2) is 28.3 Å². The number of hydrogen-bond acceptors (Lipinski definition) is 3. The molecular weight excluding hydrogens is 277 g/mol. The summed E-state index contributed by atoms with van der Waals surface area (Å²) in [6.45, 7) is 4.03. The molecule has 0 fully saturated rings. The van der Waals surface area contributed by atoms with Gasteiger partial charge in [-0.05, 0) is 24.1 Å². The molecule has 0 unspecified atom stereocenters. The Hall–Kier alpha value is -1.37. The van der Waals surface area contributed by atoms with E-state index >= 15 is 0 Å². The minimum atomic E-state index is -4.54. The van der Waals surface area contributed by atoms with Crippen molar-refractivity contribution in [3.63, 3.8) is 0 Å². The van der Waals surface area contributed by atoms with Gasteiger partial charge in [-0.3, -0.25) is 0 Å². The number of nitrogens with zero attached hydrogens (tertiary/aromatic N) is 1. The van der Waals surface area contributed by atoms with Crippen molar-refractivity contribution in [3.05, 3.63) is 29.3 Å². The summed E-state index contributed by atoms with van der Waals surface area (Å²) < 4.78 is 38.4. The fourth-order valence-electron chi connectivity index (χ4n) is 1.39. The van der Waals surface area contributed by atoms with Crippen molar-refractivity contribution in [1.82, 2.24) is 0 Å². The third kappa shape index (κ3) is 4.34. The predicted molar refractivity (Wildman–Crippen MR) is 69.5 cm³/mol. The third-order valence-electron chi connectivity index (χ3n) is 2.26. The van der Waals surface area contributed by atoms with Gasteiger partial charge in [-0.2, -0.15) is 13.2 Å². The summed E-state index contributed by atoms with van der Waals surface area (Å²) in [6.07, 6.45) is -4.54. The molecule has 1 aromatic carbocycles. The lowest BCUT2D eigenvalue weighted by molar-refractivity contribution is -0.137. The van der Waals surface area contributed by atoms with E-state index in [-0.39, 0.29) is 5.56 Å². The molecule has 7 heteroatoms. The third-order valence-corrected chi connectivity index (χ3v) is 3.68. The molecule has 0 spiro atoms. The summed E-state index contributed by atoms with van der Waals surface area (Å²) in [4.78, 5) is 0.656. The maximum Gasteiger partial charge on any atom is 0.417 e. The molecule has 1 rings (SSSR count). The van der Waals surface area contributed by atoms with Gasteiger partial charge < -0.3 is 10.9 Å². The quantitative estimate of drug-likeness (QED) is 0.293. The molecule has 3 nitrogen and oxygen atoms in total. The van der Waals surface area contributed by atoms with Crippen LogP contribution >= 0.6 is 11.8 Å². The van der Waals surface area contributed by atoms with Crippen LogP contribution in [0.1, 0.15) is 25.0 Å². The second-order valence-corrected chi connectivity index (χ2v) is 5.49. The number of hydrogen-bond donors (Lipinski definition) is 2. The summed E-state index contributed by atoms with van der Waals surface area (Å²) in [5.74, 6) is 0.653. The molecule has 0 saturated heterocycles. The van der Waals surface area contributed by atoms with E-state index in [4.69, 9.17) is 10.9 Å². The van der Waals surface area contributed by atoms with Gasteiger partial charge >= 0.3 is 6.18 Å². The van der Waals surface area contributed by atoms with Gasteiger partial charge in [0.2, 0.25) is 0 Å². The number of benzene rings is 1. The molecule has 1 aromatic rings. The molecule has 0 radical (unpaired) electrons. The molecule has 0 heterocycles. The van der Waals surface area contributed by atoms with Gasteiger partial charge in [-0.25, -0.2) is 0 Å². The van der Waals surface area contributed by atoms with Crippen LogP contribution in [-0.4, -0.2) is 16.8 Å². The standard InChI is InChI=1S/C12H15F3N2OS/c1-7(2)6-19-8-3-4-10(12(13,14)15)9(5-8)11(16)17-18/h3-5,7,18H,6H2,1-2H3,(H2,16,17). The molecule has 0 atom stereocenters. The first kappa shape index (κ1) is 15.7. The Morgan fingerprint density at radius 2 is 2.05 bits per heavy atom. The van der Waals surface area contributed by atoms with E-state index < -0.39 is 17.6 Å². The van der Waals surface area contributed by atoms with Crippen molar-refractivity contribution >= 4 is 17.6 Å². The fraction of sp³-hybridized carbons (Fsp3) is 0.417. The van der Waals surface area contributed by atoms with E-state index in [9.17, 15) is 13.2 Å². The van der Waals surface area contributed by atoms with Crippen LogP contribution in [-0.2, 0) is 6.18 Å². The molecule has 0 aliphatic carbocycles. The van der Waals surface area contributed by atoms with Crippen LogP contribution < -0.4 is 5.73 Å². The van der Waals surface area contributed by atoms with E-state index in [1.807, 2.05) is 13.8 Å². The van der Waals surface area contributed by atoms with E-state index in [2.05, 4.69) is 5.16 Å². The Bertz CT molecular complexity index is 473. The molecule has 0 aromatic heterocycles. The van der Waals surface area contributed by atoms with E-state index in [1.165, 1.54) is 23.9 Å². The minimum absolute atomic E-state index is 0.302. The molecule has 19 heavy (non-hydrogen) atoms. The highest BCUT2D eigenvalue weighted by molar-refractivity contribution is 7.99. The average Bonchev–Trinajstić information content (AvgIpc) is 2.33. The Labute approximate surface area is 113 Å². The maximum absolute atomic E-state index is 12.8. The monoisotopic (exact) mass is 292 g/mol. The summed E-state index contributed by atoms with van der Waals surface area (Å²) in [6, 6.07) is 3.64. The second-order valence-electron chi connectivity index (χ2n) is 4.40. The van der Waals surface area contributed by atoms with Crippen LogP contribution in [0, 0.1) is 5.92 Å². The van der Waals surface area contributed by atoms with Crippen molar-refractivity contribution in [1.29, 1.82) is 0 Å². The fourth-order valence-corrected chi connectivity index (χ4v) is 2.28.